The molecule has 8 nitrogen and oxygen atoms in total. The van der Waals surface area contributed by atoms with E-state index in [-0.39, 0.29) is 11.4 Å². The number of carbonyl (C=O) groups excluding carboxylic acids is 1. The van der Waals surface area contributed by atoms with Crippen molar-refractivity contribution in [2.75, 3.05) is 40.0 Å². The minimum absolute atomic E-state index is 0.193. The van der Waals surface area contributed by atoms with Crippen molar-refractivity contribution < 1.29 is 21.6 Å². The van der Waals surface area contributed by atoms with E-state index in [1.807, 2.05) is 6.26 Å². The van der Waals surface area contributed by atoms with Gasteiger partial charge in [0.25, 0.3) is 15.9 Å². The number of rotatable bonds is 9. The highest BCUT2D eigenvalue weighted by atomic mass is 32.2. The summed E-state index contributed by atoms with van der Waals surface area (Å²) in [6.45, 7) is 1.97. The molecule has 0 atom stereocenters. The fraction of sp³-hybridized carbons (Fsp3) is 0.208. The van der Waals surface area contributed by atoms with E-state index in [0.717, 1.165) is 15.5 Å². The van der Waals surface area contributed by atoms with Gasteiger partial charge in [-0.05, 0) is 79.9 Å². The van der Waals surface area contributed by atoms with Crippen LogP contribution in [0.2, 0.25) is 0 Å². The second-order valence-corrected chi connectivity index (χ2v) is 12.4. The minimum Gasteiger partial charge on any atom is -0.322 e. The highest BCUT2D eigenvalue weighted by Crippen LogP contribution is 2.26. The Morgan fingerprint density at radius 1 is 0.914 bits per heavy atom. The summed E-state index contributed by atoms with van der Waals surface area (Å²) in [6, 6.07) is 19.4. The molecule has 3 rings (SSSR count). The van der Waals surface area contributed by atoms with Crippen molar-refractivity contribution in [3.05, 3.63) is 78.4 Å². The highest BCUT2D eigenvalue weighted by molar-refractivity contribution is 7.98. The van der Waals surface area contributed by atoms with E-state index in [9.17, 15) is 21.6 Å². The average molecular weight is 534 g/mol. The molecule has 186 valence electrons. The first-order valence-corrected chi connectivity index (χ1v) is 15.1. The maximum absolute atomic E-state index is 13.2. The molecular weight excluding hydrogens is 506 g/mol. The Labute approximate surface area is 211 Å². The third-order valence-electron chi connectivity index (χ3n) is 5.32. The molecule has 0 aliphatic heterocycles. The summed E-state index contributed by atoms with van der Waals surface area (Å²) in [5, 5.41) is 2.74. The Morgan fingerprint density at radius 3 is 2.09 bits per heavy atom. The van der Waals surface area contributed by atoms with Crippen molar-refractivity contribution in [2.45, 2.75) is 16.7 Å². The number of nitrogens with zero attached hydrogens (tertiary/aromatic N) is 2. The number of thioether (sulfide) groups is 1. The van der Waals surface area contributed by atoms with Crippen LogP contribution in [0.4, 0.5) is 17.1 Å². The first kappa shape index (κ1) is 26.6. The minimum atomic E-state index is -3.77. The van der Waals surface area contributed by atoms with Gasteiger partial charge in [-0.3, -0.25) is 13.4 Å². The quantitative estimate of drug-likeness (QED) is 0.412. The van der Waals surface area contributed by atoms with Gasteiger partial charge in [0.2, 0.25) is 10.0 Å². The van der Waals surface area contributed by atoms with Crippen LogP contribution < -0.4 is 13.9 Å². The van der Waals surface area contributed by atoms with Gasteiger partial charge in [-0.15, -0.1) is 11.8 Å². The van der Waals surface area contributed by atoms with Crippen molar-refractivity contribution >= 4 is 54.8 Å². The van der Waals surface area contributed by atoms with Crippen LogP contribution in [0.25, 0.3) is 0 Å². The van der Waals surface area contributed by atoms with Gasteiger partial charge < -0.3 is 5.32 Å². The second kappa shape index (κ2) is 10.7. The van der Waals surface area contributed by atoms with Gasteiger partial charge in [0, 0.05) is 29.7 Å². The van der Waals surface area contributed by atoms with E-state index < -0.39 is 26.0 Å². The van der Waals surface area contributed by atoms with Gasteiger partial charge >= 0.3 is 0 Å². The number of sulfonamides is 2. The normalized spacial score (nSPS) is 11.7. The topological polar surface area (TPSA) is 104 Å². The molecule has 1 N–H and O–H groups in total. The first-order valence-electron chi connectivity index (χ1n) is 10.6. The maximum Gasteiger partial charge on any atom is 0.264 e. The Bertz CT molecular complexity index is 1410. The third-order valence-corrected chi connectivity index (χ3v) is 9.18. The molecule has 0 aliphatic carbocycles. The van der Waals surface area contributed by atoms with Crippen LogP contribution in [0.5, 0.6) is 0 Å². The molecule has 35 heavy (non-hydrogen) atoms. The summed E-state index contributed by atoms with van der Waals surface area (Å²) in [7, 11) is -5.77. The van der Waals surface area contributed by atoms with E-state index in [1.165, 1.54) is 23.1 Å². The van der Waals surface area contributed by atoms with Gasteiger partial charge in [-0.25, -0.2) is 16.8 Å². The van der Waals surface area contributed by atoms with E-state index in [0.29, 0.717) is 22.6 Å². The molecule has 3 aromatic rings. The van der Waals surface area contributed by atoms with Gasteiger partial charge in [0.15, 0.2) is 0 Å². The Kier molecular flexibility index (Phi) is 8.14. The highest BCUT2D eigenvalue weighted by Gasteiger charge is 2.24. The smallest absolute Gasteiger partial charge is 0.264 e. The number of hydrogen-bond donors (Lipinski definition) is 1. The molecule has 11 heteroatoms. The molecule has 1 amide bonds. The summed E-state index contributed by atoms with van der Waals surface area (Å²) in [6.07, 6.45) is 3.02. The summed E-state index contributed by atoms with van der Waals surface area (Å²) in [5.41, 5.74) is 1.61. The number of benzene rings is 3. The lowest BCUT2D eigenvalue weighted by atomic mass is 10.2. The molecule has 0 spiro atoms. The molecule has 0 radical (unpaired) electrons. The summed E-state index contributed by atoms with van der Waals surface area (Å²) in [4.78, 5) is 13.9. The molecule has 0 heterocycles. The largest absolute Gasteiger partial charge is 0.322 e. The lowest BCUT2D eigenvalue weighted by Gasteiger charge is -2.23. The van der Waals surface area contributed by atoms with E-state index in [4.69, 9.17) is 0 Å². The predicted molar refractivity (Wildman–Crippen MR) is 143 cm³/mol. The molecule has 0 aromatic heterocycles. The zero-order valence-corrected chi connectivity index (χ0v) is 22.2. The molecular formula is C24H27N3O5S3. The number of hydrogen-bond acceptors (Lipinski definition) is 6. The van der Waals surface area contributed by atoms with Gasteiger partial charge in [0.1, 0.15) is 0 Å². The zero-order chi connectivity index (χ0) is 25.8. The molecule has 0 unspecified atom stereocenters. The summed E-state index contributed by atoms with van der Waals surface area (Å²) in [5.74, 6) is -0.408. The van der Waals surface area contributed by atoms with E-state index in [2.05, 4.69) is 5.32 Å². The lowest BCUT2D eigenvalue weighted by Crippen LogP contribution is -2.30. The fourth-order valence-corrected chi connectivity index (χ4v) is 5.70. The molecule has 0 saturated carbocycles. The van der Waals surface area contributed by atoms with Crippen LogP contribution in [0.15, 0.2) is 82.6 Å². The number of amides is 1. The molecule has 3 aromatic carbocycles. The monoisotopic (exact) mass is 533 g/mol. The molecule has 0 saturated heterocycles. The van der Waals surface area contributed by atoms with Gasteiger partial charge in [0.05, 0.1) is 22.5 Å². The zero-order valence-electron chi connectivity index (χ0n) is 19.8. The Balaban J connectivity index is 1.79. The first-order chi connectivity index (χ1) is 16.5. The lowest BCUT2D eigenvalue weighted by molar-refractivity contribution is 0.102. The van der Waals surface area contributed by atoms with Crippen molar-refractivity contribution in [3.8, 4) is 0 Å². The van der Waals surface area contributed by atoms with Crippen LogP contribution in [0.1, 0.15) is 17.3 Å². The van der Waals surface area contributed by atoms with Crippen molar-refractivity contribution in [1.29, 1.82) is 0 Å². The Morgan fingerprint density at radius 2 is 1.54 bits per heavy atom. The van der Waals surface area contributed by atoms with Gasteiger partial charge in [-0.2, -0.15) is 0 Å². The summed E-state index contributed by atoms with van der Waals surface area (Å²) < 4.78 is 52.3. The van der Waals surface area contributed by atoms with Crippen LogP contribution in [-0.4, -0.2) is 48.8 Å². The fourth-order valence-electron chi connectivity index (χ4n) is 3.32. The van der Waals surface area contributed by atoms with Crippen molar-refractivity contribution in [3.63, 3.8) is 0 Å². The van der Waals surface area contributed by atoms with E-state index >= 15 is 0 Å². The Hall–Kier alpha value is -3.02. The van der Waals surface area contributed by atoms with Crippen molar-refractivity contribution in [2.24, 2.45) is 0 Å². The average Bonchev–Trinajstić information content (AvgIpc) is 2.84. The van der Waals surface area contributed by atoms with E-state index in [1.54, 1.807) is 79.7 Å². The molecule has 0 fully saturated rings. The van der Waals surface area contributed by atoms with Crippen molar-refractivity contribution in [1.82, 2.24) is 0 Å². The number of anilines is 3. The predicted octanol–water partition coefficient (Wildman–Crippen LogP) is 4.27. The van der Waals surface area contributed by atoms with Crippen LogP contribution in [0, 0.1) is 0 Å². The standard InChI is InChI=1S/C24H27N3O5S3/c1-5-27(35(31,32)23-15-13-22(33-3)14-16-23)20-11-9-18(10-12-20)24(28)25-19-7-6-8-21(17-19)26(2)34(4,29)30/h6-17H,5H2,1-4H3,(H,25,28). The van der Waals surface area contributed by atoms with Gasteiger partial charge in [-0.1, -0.05) is 6.07 Å². The van der Waals surface area contributed by atoms with Crippen LogP contribution in [0.3, 0.4) is 0 Å². The molecule has 0 aliphatic rings. The van der Waals surface area contributed by atoms with Crippen LogP contribution in [-0.2, 0) is 20.0 Å². The molecule has 0 bridgehead atoms. The second-order valence-electron chi connectivity index (χ2n) is 7.63. The summed E-state index contributed by atoms with van der Waals surface area (Å²) >= 11 is 1.53. The SMILES string of the molecule is CCN(c1ccc(C(=O)Nc2cccc(N(C)S(C)(=O)=O)c2)cc1)S(=O)(=O)c1ccc(SC)cc1. The van der Waals surface area contributed by atoms with Crippen LogP contribution >= 0.6 is 11.8 Å². The maximum atomic E-state index is 13.2. The third kappa shape index (κ3) is 6.16. The number of nitrogens with one attached hydrogen (secondary N) is 1. The number of carbonyl (C=O) groups is 1.